The first-order valence-corrected chi connectivity index (χ1v) is 6.37. The van der Waals surface area contributed by atoms with Crippen molar-refractivity contribution in [2.45, 2.75) is 19.5 Å². The number of hydrogen-bond donors (Lipinski definition) is 1. The van der Waals surface area contributed by atoms with Crippen LogP contribution in [0.2, 0.25) is 0 Å². The lowest BCUT2D eigenvalue weighted by Gasteiger charge is -2.09. The fourth-order valence-electron chi connectivity index (χ4n) is 1.97. The molecule has 0 heterocycles. The molecule has 2 rings (SSSR count). The molecule has 0 radical (unpaired) electrons. The molecule has 21 heavy (non-hydrogen) atoms. The van der Waals surface area contributed by atoms with E-state index in [4.69, 9.17) is 0 Å². The Bertz CT molecular complexity index is 650. The van der Waals surface area contributed by atoms with Gasteiger partial charge in [-0.2, -0.15) is 13.2 Å². The molecule has 0 saturated heterocycles. The summed E-state index contributed by atoms with van der Waals surface area (Å²) in [5, 5.41) is 2.67. The number of carbonyl (C=O) groups excluding carboxylic acids is 1. The van der Waals surface area contributed by atoms with Crippen LogP contribution in [0, 0.1) is 6.92 Å². The normalized spacial score (nSPS) is 11.2. The van der Waals surface area contributed by atoms with Gasteiger partial charge < -0.3 is 5.32 Å². The van der Waals surface area contributed by atoms with Gasteiger partial charge in [-0.3, -0.25) is 4.79 Å². The molecule has 1 amide bonds. The third-order valence-corrected chi connectivity index (χ3v) is 2.92. The average molecular weight is 293 g/mol. The van der Waals surface area contributed by atoms with E-state index in [1.54, 1.807) is 18.2 Å². The van der Waals surface area contributed by atoms with Crippen molar-refractivity contribution in [3.63, 3.8) is 0 Å². The molecule has 0 saturated carbocycles. The smallest absolute Gasteiger partial charge is 0.326 e. The fraction of sp³-hybridized carbons (Fsp3) is 0.188. The largest absolute Gasteiger partial charge is 0.416 e. The highest BCUT2D eigenvalue weighted by Crippen LogP contribution is 2.29. The van der Waals surface area contributed by atoms with Gasteiger partial charge in [0.1, 0.15) is 0 Å². The Kier molecular flexibility index (Phi) is 4.31. The number of rotatable bonds is 3. The van der Waals surface area contributed by atoms with Gasteiger partial charge in [0.15, 0.2) is 0 Å². The second kappa shape index (κ2) is 5.99. The lowest BCUT2D eigenvalue weighted by atomic mass is 10.1. The van der Waals surface area contributed by atoms with E-state index < -0.39 is 11.7 Å². The van der Waals surface area contributed by atoms with Gasteiger partial charge in [0, 0.05) is 5.69 Å². The number of alkyl halides is 3. The summed E-state index contributed by atoms with van der Waals surface area (Å²) >= 11 is 0. The summed E-state index contributed by atoms with van der Waals surface area (Å²) in [6, 6.07) is 12.0. The minimum atomic E-state index is -4.40. The molecule has 0 aliphatic heterocycles. The molecule has 2 aromatic rings. The van der Waals surface area contributed by atoms with Crippen LogP contribution in [0.5, 0.6) is 0 Å². The maximum absolute atomic E-state index is 12.6. The summed E-state index contributed by atoms with van der Waals surface area (Å²) in [6.45, 7) is 1.89. The number of aryl methyl sites for hydroxylation is 1. The predicted octanol–water partition coefficient (Wildman–Crippen LogP) is 4.20. The van der Waals surface area contributed by atoms with Crippen molar-refractivity contribution in [2.75, 3.05) is 5.32 Å². The van der Waals surface area contributed by atoms with E-state index in [1.807, 2.05) is 13.0 Å². The number of nitrogens with one attached hydrogen (secondary N) is 1. The van der Waals surface area contributed by atoms with Crippen LogP contribution in [0.1, 0.15) is 16.7 Å². The summed E-state index contributed by atoms with van der Waals surface area (Å²) < 4.78 is 37.8. The van der Waals surface area contributed by atoms with Crippen molar-refractivity contribution in [3.8, 4) is 0 Å². The summed E-state index contributed by atoms with van der Waals surface area (Å²) in [6.07, 6.45) is -4.50. The fourth-order valence-corrected chi connectivity index (χ4v) is 1.97. The maximum Gasteiger partial charge on any atom is 0.416 e. The SMILES string of the molecule is Cc1cccc(NC(=O)Cc2cccc(C(F)(F)F)c2)c1. The molecule has 0 aliphatic rings. The van der Waals surface area contributed by atoms with Crippen molar-refractivity contribution >= 4 is 11.6 Å². The molecule has 5 heteroatoms. The highest BCUT2D eigenvalue weighted by Gasteiger charge is 2.30. The third-order valence-electron chi connectivity index (χ3n) is 2.92. The number of hydrogen-bond acceptors (Lipinski definition) is 1. The van der Waals surface area contributed by atoms with E-state index in [-0.39, 0.29) is 12.3 Å². The minimum absolute atomic E-state index is 0.0993. The van der Waals surface area contributed by atoms with Gasteiger partial charge in [-0.25, -0.2) is 0 Å². The highest BCUT2D eigenvalue weighted by molar-refractivity contribution is 5.92. The van der Waals surface area contributed by atoms with Crippen LogP contribution in [-0.2, 0) is 17.4 Å². The van der Waals surface area contributed by atoms with Gasteiger partial charge >= 0.3 is 6.18 Å². The number of anilines is 1. The molecule has 110 valence electrons. The van der Waals surface area contributed by atoms with E-state index in [9.17, 15) is 18.0 Å². The number of benzene rings is 2. The van der Waals surface area contributed by atoms with Gasteiger partial charge in [-0.15, -0.1) is 0 Å². The first-order chi connectivity index (χ1) is 9.84. The zero-order chi connectivity index (χ0) is 15.5. The lowest BCUT2D eigenvalue weighted by Crippen LogP contribution is -2.15. The Balaban J connectivity index is 2.06. The molecule has 0 bridgehead atoms. The Morgan fingerprint density at radius 2 is 1.81 bits per heavy atom. The average Bonchev–Trinajstić information content (AvgIpc) is 2.37. The quantitative estimate of drug-likeness (QED) is 0.903. The Hall–Kier alpha value is -2.30. The molecule has 0 aliphatic carbocycles. The predicted molar refractivity (Wildman–Crippen MR) is 75.0 cm³/mol. The summed E-state index contributed by atoms with van der Waals surface area (Å²) in [5.41, 5.74) is 1.21. The van der Waals surface area contributed by atoms with E-state index in [0.717, 1.165) is 17.7 Å². The Morgan fingerprint density at radius 3 is 2.48 bits per heavy atom. The van der Waals surface area contributed by atoms with Crippen LogP contribution in [0.3, 0.4) is 0 Å². The van der Waals surface area contributed by atoms with Crippen molar-refractivity contribution in [2.24, 2.45) is 0 Å². The van der Waals surface area contributed by atoms with Crippen molar-refractivity contribution < 1.29 is 18.0 Å². The molecular formula is C16H14F3NO. The van der Waals surface area contributed by atoms with Crippen molar-refractivity contribution in [1.29, 1.82) is 0 Å². The molecule has 2 nitrogen and oxygen atoms in total. The molecule has 0 aromatic heterocycles. The third kappa shape index (κ3) is 4.34. The van der Waals surface area contributed by atoms with Gasteiger partial charge in [-0.05, 0) is 36.2 Å². The minimum Gasteiger partial charge on any atom is -0.326 e. The van der Waals surface area contributed by atoms with Crippen LogP contribution in [0.15, 0.2) is 48.5 Å². The summed E-state index contributed by atoms with van der Waals surface area (Å²) in [4.78, 5) is 11.9. The van der Waals surface area contributed by atoms with Crippen LogP contribution < -0.4 is 5.32 Å². The van der Waals surface area contributed by atoms with E-state index in [2.05, 4.69) is 5.32 Å². The summed E-state index contributed by atoms with van der Waals surface area (Å²) in [7, 11) is 0. The molecule has 0 fully saturated rings. The first-order valence-electron chi connectivity index (χ1n) is 6.37. The summed E-state index contributed by atoms with van der Waals surface area (Å²) in [5.74, 6) is -0.347. The molecule has 0 atom stereocenters. The van der Waals surface area contributed by atoms with E-state index in [1.165, 1.54) is 12.1 Å². The zero-order valence-corrected chi connectivity index (χ0v) is 11.4. The molecule has 0 spiro atoms. The van der Waals surface area contributed by atoms with Gasteiger partial charge in [0.2, 0.25) is 5.91 Å². The van der Waals surface area contributed by atoms with Crippen LogP contribution in [0.4, 0.5) is 18.9 Å². The molecule has 2 aromatic carbocycles. The van der Waals surface area contributed by atoms with Crippen LogP contribution in [-0.4, -0.2) is 5.91 Å². The second-order valence-electron chi connectivity index (χ2n) is 4.79. The number of carbonyl (C=O) groups is 1. The number of amides is 1. The van der Waals surface area contributed by atoms with E-state index >= 15 is 0 Å². The van der Waals surface area contributed by atoms with Crippen molar-refractivity contribution in [1.82, 2.24) is 0 Å². The molecule has 1 N–H and O–H groups in total. The molecular weight excluding hydrogens is 279 g/mol. The number of halogens is 3. The van der Waals surface area contributed by atoms with Gasteiger partial charge in [0.05, 0.1) is 12.0 Å². The van der Waals surface area contributed by atoms with Crippen LogP contribution >= 0.6 is 0 Å². The van der Waals surface area contributed by atoms with E-state index in [0.29, 0.717) is 11.3 Å². The maximum atomic E-state index is 12.6. The molecule has 0 unspecified atom stereocenters. The van der Waals surface area contributed by atoms with Gasteiger partial charge in [-0.1, -0.05) is 30.3 Å². The first kappa shape index (κ1) is 15.1. The Labute approximate surface area is 120 Å². The van der Waals surface area contributed by atoms with Crippen LogP contribution in [0.25, 0.3) is 0 Å². The lowest BCUT2D eigenvalue weighted by molar-refractivity contribution is -0.137. The van der Waals surface area contributed by atoms with Gasteiger partial charge in [0.25, 0.3) is 0 Å². The standard InChI is InChI=1S/C16H14F3NO/c1-11-4-2-7-14(8-11)20-15(21)10-12-5-3-6-13(9-12)16(17,18)19/h2-9H,10H2,1H3,(H,20,21). The monoisotopic (exact) mass is 293 g/mol. The second-order valence-corrected chi connectivity index (χ2v) is 4.79. The zero-order valence-electron chi connectivity index (χ0n) is 11.4. The highest BCUT2D eigenvalue weighted by atomic mass is 19.4. The topological polar surface area (TPSA) is 29.1 Å². The van der Waals surface area contributed by atoms with Crippen molar-refractivity contribution in [3.05, 3.63) is 65.2 Å². The Morgan fingerprint density at radius 1 is 1.10 bits per heavy atom.